The maximum Gasteiger partial charge on any atom is 0.263 e. The first kappa shape index (κ1) is 9.58. The average Bonchev–Trinajstić information content (AvgIpc) is 2.47. The molecule has 0 aliphatic carbocycles. The van der Waals surface area contributed by atoms with Crippen LogP contribution in [0.15, 0.2) is 6.20 Å². The Labute approximate surface area is 76.8 Å². The Hall–Kier alpha value is -0.510. The van der Waals surface area contributed by atoms with Crippen molar-refractivity contribution in [2.24, 2.45) is 5.73 Å². The van der Waals surface area contributed by atoms with Gasteiger partial charge >= 0.3 is 0 Å². The van der Waals surface area contributed by atoms with Crippen molar-refractivity contribution in [3.63, 3.8) is 0 Å². The molecule has 1 amide bonds. The van der Waals surface area contributed by atoms with Crippen LogP contribution >= 0.6 is 20.6 Å². The predicted octanol–water partition coefficient (Wildman–Crippen LogP) is -0.668. The fraction of sp³-hybridized carbons (Fsp3) is 0.333. The zero-order chi connectivity index (χ0) is 8.97. The number of rotatable bonds is 3. The summed E-state index contributed by atoms with van der Waals surface area (Å²) in [6.07, 6.45) is 1.55. The van der Waals surface area contributed by atoms with Gasteiger partial charge in [0.15, 0.2) is 0 Å². The molecule has 4 nitrogen and oxygen atoms in total. The normalized spacial score (nSPS) is 9.83. The Balaban J connectivity index is 2.53. The number of thiazole rings is 1. The molecule has 0 bridgehead atoms. The number of nitrogens with one attached hydrogen (secondary N) is 1. The summed E-state index contributed by atoms with van der Waals surface area (Å²) in [5, 5.41) is 2.66. The van der Waals surface area contributed by atoms with Crippen LogP contribution in [-0.4, -0.2) is 24.0 Å². The fourth-order valence-corrected chi connectivity index (χ4v) is 1.72. The highest BCUT2D eigenvalue weighted by atomic mass is 32.1. The monoisotopic (exact) mass is 203 g/mol. The van der Waals surface area contributed by atoms with Gasteiger partial charge in [0.2, 0.25) is 0 Å². The van der Waals surface area contributed by atoms with E-state index in [-0.39, 0.29) is 5.91 Å². The van der Waals surface area contributed by atoms with Crippen LogP contribution in [0.4, 0.5) is 0 Å². The zero-order valence-corrected chi connectivity index (χ0v) is 8.38. The van der Waals surface area contributed by atoms with Gasteiger partial charge in [-0.25, -0.2) is 4.98 Å². The molecule has 0 aliphatic rings. The first-order valence-electron chi connectivity index (χ1n) is 3.43. The number of nitrogens with zero attached hydrogens (tertiary/aromatic N) is 1. The summed E-state index contributed by atoms with van der Waals surface area (Å²) >= 11 is 1.35. The van der Waals surface area contributed by atoms with Crippen LogP contribution in [0.25, 0.3) is 0 Å². The van der Waals surface area contributed by atoms with Crippen molar-refractivity contribution in [1.82, 2.24) is 10.3 Å². The third kappa shape index (κ3) is 2.52. The van der Waals surface area contributed by atoms with Crippen molar-refractivity contribution >= 4 is 31.2 Å². The first-order valence-corrected chi connectivity index (χ1v) is 4.83. The molecular formula is C6H10N3OPS. The van der Waals surface area contributed by atoms with E-state index in [9.17, 15) is 4.79 Å². The van der Waals surface area contributed by atoms with E-state index in [1.165, 1.54) is 11.3 Å². The molecule has 0 radical (unpaired) electrons. The number of hydrogen-bond acceptors (Lipinski definition) is 4. The maximum absolute atomic E-state index is 11.2. The zero-order valence-electron chi connectivity index (χ0n) is 6.41. The lowest BCUT2D eigenvalue weighted by molar-refractivity contribution is 0.0958. The number of nitrogens with two attached hydrogens (primary N) is 1. The molecule has 3 N–H and O–H groups in total. The van der Waals surface area contributed by atoms with Crippen LogP contribution in [0.5, 0.6) is 0 Å². The summed E-state index contributed by atoms with van der Waals surface area (Å²) in [4.78, 5) is 15.8. The summed E-state index contributed by atoms with van der Waals surface area (Å²) in [5.41, 5.74) is 5.23. The van der Waals surface area contributed by atoms with Crippen molar-refractivity contribution in [3.05, 3.63) is 11.1 Å². The largest absolute Gasteiger partial charge is 0.350 e. The second-order valence-corrected chi connectivity index (χ2v) is 4.13. The number of carbonyl (C=O) groups is 1. The molecule has 1 aromatic rings. The van der Waals surface area contributed by atoms with E-state index >= 15 is 0 Å². The highest BCUT2D eigenvalue weighted by Gasteiger charge is 2.06. The van der Waals surface area contributed by atoms with Gasteiger partial charge in [0.05, 0.1) is 6.20 Å². The van der Waals surface area contributed by atoms with E-state index in [1.54, 1.807) is 6.20 Å². The molecule has 0 aromatic carbocycles. The van der Waals surface area contributed by atoms with E-state index in [0.717, 1.165) is 4.75 Å². The van der Waals surface area contributed by atoms with E-state index in [4.69, 9.17) is 5.73 Å². The number of aromatic nitrogens is 1. The van der Waals surface area contributed by atoms with Crippen molar-refractivity contribution < 1.29 is 4.79 Å². The number of amides is 1. The van der Waals surface area contributed by atoms with Gasteiger partial charge in [0.1, 0.15) is 9.63 Å². The average molecular weight is 203 g/mol. The molecule has 0 saturated carbocycles. The second-order valence-electron chi connectivity index (χ2n) is 2.11. The molecule has 1 unspecified atom stereocenters. The summed E-state index contributed by atoms with van der Waals surface area (Å²) < 4.78 is 0.813. The minimum absolute atomic E-state index is 0.105. The Morgan fingerprint density at radius 3 is 3.08 bits per heavy atom. The molecule has 0 spiro atoms. The lowest BCUT2D eigenvalue weighted by atomic mass is 10.5. The van der Waals surface area contributed by atoms with Crippen LogP contribution in [0.1, 0.15) is 9.67 Å². The van der Waals surface area contributed by atoms with Gasteiger partial charge in [0.25, 0.3) is 5.91 Å². The SMILES string of the molecule is NCCNC(=O)c1cnc(P)s1. The highest BCUT2D eigenvalue weighted by Crippen LogP contribution is 2.05. The third-order valence-corrected chi connectivity index (χ3v) is 2.51. The lowest BCUT2D eigenvalue weighted by Gasteiger charge is -1.98. The van der Waals surface area contributed by atoms with E-state index < -0.39 is 0 Å². The van der Waals surface area contributed by atoms with Crippen LogP contribution in [0.2, 0.25) is 0 Å². The molecule has 1 heterocycles. The smallest absolute Gasteiger partial charge is 0.263 e. The number of hydrogen-bond donors (Lipinski definition) is 2. The van der Waals surface area contributed by atoms with Gasteiger partial charge in [0, 0.05) is 13.1 Å². The second kappa shape index (κ2) is 4.50. The quantitative estimate of drug-likeness (QED) is 0.640. The van der Waals surface area contributed by atoms with E-state index in [0.29, 0.717) is 18.0 Å². The van der Waals surface area contributed by atoms with Crippen LogP contribution < -0.4 is 15.8 Å². The highest BCUT2D eigenvalue weighted by molar-refractivity contribution is 7.43. The Morgan fingerprint density at radius 1 is 1.83 bits per heavy atom. The molecule has 0 aliphatic heterocycles. The summed E-state index contributed by atoms with van der Waals surface area (Å²) in [6, 6.07) is 0. The minimum atomic E-state index is -0.105. The maximum atomic E-state index is 11.2. The van der Waals surface area contributed by atoms with Crippen molar-refractivity contribution in [2.75, 3.05) is 13.1 Å². The van der Waals surface area contributed by atoms with Gasteiger partial charge < -0.3 is 11.1 Å². The van der Waals surface area contributed by atoms with Crippen molar-refractivity contribution in [1.29, 1.82) is 0 Å². The molecule has 66 valence electrons. The van der Waals surface area contributed by atoms with Gasteiger partial charge in [-0.15, -0.1) is 11.3 Å². The Morgan fingerprint density at radius 2 is 2.58 bits per heavy atom. The molecule has 12 heavy (non-hydrogen) atoms. The van der Waals surface area contributed by atoms with Crippen LogP contribution in [0, 0.1) is 0 Å². The topological polar surface area (TPSA) is 68.0 Å². The molecule has 1 atom stereocenters. The van der Waals surface area contributed by atoms with Crippen molar-refractivity contribution in [3.8, 4) is 0 Å². The van der Waals surface area contributed by atoms with Gasteiger partial charge in [-0.1, -0.05) is 9.24 Å². The van der Waals surface area contributed by atoms with E-state index in [2.05, 4.69) is 19.5 Å². The molecule has 1 rings (SSSR count). The molecule has 0 fully saturated rings. The van der Waals surface area contributed by atoms with Gasteiger partial charge in [-0.05, 0) is 0 Å². The molecule has 0 saturated heterocycles. The van der Waals surface area contributed by atoms with Gasteiger partial charge in [-0.2, -0.15) is 0 Å². The third-order valence-electron chi connectivity index (χ3n) is 1.18. The van der Waals surface area contributed by atoms with E-state index in [1.807, 2.05) is 0 Å². The van der Waals surface area contributed by atoms with Crippen molar-refractivity contribution in [2.45, 2.75) is 0 Å². The van der Waals surface area contributed by atoms with Crippen LogP contribution in [-0.2, 0) is 0 Å². The molecule has 1 aromatic heterocycles. The molecular weight excluding hydrogens is 193 g/mol. The summed E-state index contributed by atoms with van der Waals surface area (Å²) in [5.74, 6) is -0.105. The lowest BCUT2D eigenvalue weighted by Crippen LogP contribution is -2.28. The predicted molar refractivity (Wildman–Crippen MR) is 52.8 cm³/mol. The number of carbonyl (C=O) groups excluding carboxylic acids is 1. The Kier molecular flexibility index (Phi) is 3.59. The van der Waals surface area contributed by atoms with Crippen LogP contribution in [0.3, 0.4) is 0 Å². The standard InChI is InChI=1S/C6H10N3OPS/c7-1-2-8-5(10)4-3-9-6(11)12-4/h3H,1-2,7,11H2,(H,8,10). The minimum Gasteiger partial charge on any atom is -0.350 e. The first-order chi connectivity index (χ1) is 5.74. The molecule has 6 heteroatoms. The summed E-state index contributed by atoms with van der Waals surface area (Å²) in [7, 11) is 2.45. The summed E-state index contributed by atoms with van der Waals surface area (Å²) in [6.45, 7) is 0.960. The fourth-order valence-electron chi connectivity index (χ4n) is 0.665. The Bertz CT molecular complexity index is 276. The van der Waals surface area contributed by atoms with Gasteiger partial charge in [-0.3, -0.25) is 4.79 Å².